The van der Waals surface area contributed by atoms with Gasteiger partial charge in [0.15, 0.2) is 11.5 Å². The third-order valence-corrected chi connectivity index (χ3v) is 5.12. The minimum atomic E-state index is -0.325. The Bertz CT molecular complexity index is 1030. The first-order valence-electron chi connectivity index (χ1n) is 10.00. The van der Waals surface area contributed by atoms with Crippen LogP contribution < -0.4 is 24.8 Å². The normalized spacial score (nSPS) is 10.5. The van der Waals surface area contributed by atoms with Crippen LogP contribution in [0.25, 0.3) is 0 Å². The van der Waals surface area contributed by atoms with Crippen LogP contribution in [0.2, 0.25) is 0 Å². The second kappa shape index (κ2) is 9.93. The van der Waals surface area contributed by atoms with Crippen LogP contribution >= 0.6 is 0 Å². The summed E-state index contributed by atoms with van der Waals surface area (Å²) in [7, 11) is 4.60. The largest absolute Gasteiger partial charge is 0.493 e. The summed E-state index contributed by atoms with van der Waals surface area (Å²) in [6, 6.07) is 13.5. The smallest absolute Gasteiger partial charge is 0.319 e. The quantitative estimate of drug-likeness (QED) is 0.559. The molecule has 1 heterocycles. The van der Waals surface area contributed by atoms with E-state index in [0.29, 0.717) is 29.5 Å². The van der Waals surface area contributed by atoms with Gasteiger partial charge in [0.05, 0.1) is 33.6 Å². The molecule has 0 aliphatic rings. The fraction of sp³-hybridized carbons (Fsp3) is 0.292. The minimum Gasteiger partial charge on any atom is -0.493 e. The van der Waals surface area contributed by atoms with Crippen molar-refractivity contribution in [2.75, 3.05) is 26.6 Å². The number of aryl methyl sites for hydroxylation is 2. The number of amides is 2. The van der Waals surface area contributed by atoms with E-state index >= 15 is 0 Å². The second-order valence-electron chi connectivity index (χ2n) is 7.28. The van der Waals surface area contributed by atoms with Crippen LogP contribution in [0.1, 0.15) is 22.4 Å². The number of rotatable bonds is 8. The molecular formula is C24H29N3O4. The van der Waals surface area contributed by atoms with Crippen LogP contribution in [-0.2, 0) is 13.1 Å². The molecule has 0 bridgehead atoms. The zero-order valence-corrected chi connectivity index (χ0v) is 18.6. The van der Waals surface area contributed by atoms with Gasteiger partial charge >= 0.3 is 6.03 Å². The Balaban J connectivity index is 1.66. The molecule has 3 aromatic rings. The molecule has 0 saturated carbocycles. The summed E-state index contributed by atoms with van der Waals surface area (Å²) >= 11 is 0. The van der Waals surface area contributed by atoms with Crippen molar-refractivity contribution in [1.82, 2.24) is 9.88 Å². The first-order valence-corrected chi connectivity index (χ1v) is 10.00. The van der Waals surface area contributed by atoms with Gasteiger partial charge in [-0.15, -0.1) is 0 Å². The van der Waals surface area contributed by atoms with Gasteiger partial charge in [-0.05, 0) is 37.1 Å². The Kier molecular flexibility index (Phi) is 7.07. The fourth-order valence-corrected chi connectivity index (χ4v) is 3.42. The monoisotopic (exact) mass is 423 g/mol. The van der Waals surface area contributed by atoms with Gasteiger partial charge < -0.3 is 29.4 Å². The summed E-state index contributed by atoms with van der Waals surface area (Å²) in [6.45, 7) is 5.36. The van der Waals surface area contributed by atoms with Gasteiger partial charge in [0, 0.05) is 30.6 Å². The number of hydrogen-bond donors (Lipinski definition) is 2. The number of carbonyl (C=O) groups is 1. The van der Waals surface area contributed by atoms with E-state index in [1.807, 2.05) is 18.3 Å². The number of urea groups is 1. The lowest BCUT2D eigenvalue weighted by Crippen LogP contribution is -2.29. The molecule has 3 rings (SSSR count). The zero-order valence-electron chi connectivity index (χ0n) is 18.6. The van der Waals surface area contributed by atoms with Gasteiger partial charge in [0.1, 0.15) is 0 Å². The molecular weight excluding hydrogens is 394 g/mol. The van der Waals surface area contributed by atoms with Gasteiger partial charge in [0.2, 0.25) is 5.75 Å². The van der Waals surface area contributed by atoms with E-state index in [1.54, 1.807) is 12.1 Å². The first kappa shape index (κ1) is 22.1. The SMILES string of the molecule is COc1cc(NC(=O)NCc2cccn2Cc2cc(C)ccc2C)cc(OC)c1OC. The van der Waals surface area contributed by atoms with Crippen LogP contribution in [0.3, 0.4) is 0 Å². The van der Waals surface area contributed by atoms with E-state index in [2.05, 4.69) is 47.2 Å². The highest BCUT2D eigenvalue weighted by atomic mass is 16.5. The summed E-state index contributed by atoms with van der Waals surface area (Å²) < 4.78 is 18.1. The summed E-state index contributed by atoms with van der Waals surface area (Å²) in [5.41, 5.74) is 5.30. The topological polar surface area (TPSA) is 73.8 Å². The minimum absolute atomic E-state index is 0.325. The Morgan fingerprint density at radius 2 is 1.68 bits per heavy atom. The maximum Gasteiger partial charge on any atom is 0.319 e. The van der Waals surface area contributed by atoms with Crippen LogP contribution in [0, 0.1) is 13.8 Å². The van der Waals surface area contributed by atoms with Crippen molar-refractivity contribution in [1.29, 1.82) is 0 Å². The van der Waals surface area contributed by atoms with Crippen molar-refractivity contribution >= 4 is 11.7 Å². The lowest BCUT2D eigenvalue weighted by atomic mass is 10.1. The van der Waals surface area contributed by atoms with E-state index in [1.165, 1.54) is 38.0 Å². The number of benzene rings is 2. The maximum absolute atomic E-state index is 12.5. The van der Waals surface area contributed by atoms with Crippen molar-refractivity contribution in [3.05, 3.63) is 71.0 Å². The van der Waals surface area contributed by atoms with Crippen molar-refractivity contribution in [2.45, 2.75) is 26.9 Å². The van der Waals surface area contributed by atoms with Gasteiger partial charge in [-0.2, -0.15) is 0 Å². The Morgan fingerprint density at radius 1 is 0.968 bits per heavy atom. The molecule has 2 N–H and O–H groups in total. The molecule has 164 valence electrons. The number of nitrogens with zero attached hydrogens (tertiary/aromatic N) is 1. The molecule has 7 nitrogen and oxygen atoms in total. The van der Waals surface area contributed by atoms with E-state index in [9.17, 15) is 4.79 Å². The lowest BCUT2D eigenvalue weighted by molar-refractivity contribution is 0.251. The number of aromatic nitrogens is 1. The molecule has 0 spiro atoms. The van der Waals surface area contributed by atoms with Crippen LogP contribution in [0.15, 0.2) is 48.7 Å². The summed E-state index contributed by atoms with van der Waals surface area (Å²) in [5.74, 6) is 1.42. The average Bonchev–Trinajstić information content (AvgIpc) is 3.21. The molecule has 1 aromatic heterocycles. The Morgan fingerprint density at radius 3 is 2.32 bits per heavy atom. The third-order valence-electron chi connectivity index (χ3n) is 5.12. The van der Waals surface area contributed by atoms with Gasteiger partial charge in [0.25, 0.3) is 0 Å². The molecule has 0 saturated heterocycles. The number of hydrogen-bond acceptors (Lipinski definition) is 4. The summed E-state index contributed by atoms with van der Waals surface area (Å²) in [6.07, 6.45) is 2.02. The zero-order chi connectivity index (χ0) is 22.4. The van der Waals surface area contributed by atoms with E-state index in [0.717, 1.165) is 12.2 Å². The van der Waals surface area contributed by atoms with Gasteiger partial charge in [-0.3, -0.25) is 0 Å². The second-order valence-corrected chi connectivity index (χ2v) is 7.28. The molecule has 0 aliphatic carbocycles. The van der Waals surface area contributed by atoms with Crippen molar-refractivity contribution in [3.63, 3.8) is 0 Å². The van der Waals surface area contributed by atoms with E-state index in [4.69, 9.17) is 14.2 Å². The number of carbonyl (C=O) groups excluding carboxylic acids is 1. The van der Waals surface area contributed by atoms with E-state index in [-0.39, 0.29) is 6.03 Å². The maximum atomic E-state index is 12.5. The first-order chi connectivity index (χ1) is 14.9. The van der Waals surface area contributed by atoms with Gasteiger partial charge in [-0.1, -0.05) is 23.8 Å². The average molecular weight is 424 g/mol. The molecule has 0 unspecified atom stereocenters. The summed E-state index contributed by atoms with van der Waals surface area (Å²) in [5, 5.41) is 5.72. The van der Waals surface area contributed by atoms with Crippen LogP contribution in [0.5, 0.6) is 17.2 Å². The molecule has 2 amide bonds. The summed E-state index contributed by atoms with van der Waals surface area (Å²) in [4.78, 5) is 12.5. The number of nitrogens with one attached hydrogen (secondary N) is 2. The molecule has 7 heteroatoms. The highest BCUT2D eigenvalue weighted by Gasteiger charge is 2.14. The number of anilines is 1. The van der Waals surface area contributed by atoms with Crippen molar-refractivity contribution in [3.8, 4) is 17.2 Å². The Labute approximate surface area is 182 Å². The molecule has 0 atom stereocenters. The highest BCUT2D eigenvalue weighted by molar-refractivity contribution is 5.90. The molecule has 2 aromatic carbocycles. The fourth-order valence-electron chi connectivity index (χ4n) is 3.42. The predicted octanol–water partition coefficient (Wildman–Crippen LogP) is 4.50. The van der Waals surface area contributed by atoms with Crippen LogP contribution in [0.4, 0.5) is 10.5 Å². The van der Waals surface area contributed by atoms with E-state index < -0.39 is 0 Å². The molecule has 0 radical (unpaired) electrons. The Hall–Kier alpha value is -3.61. The molecule has 31 heavy (non-hydrogen) atoms. The predicted molar refractivity (Wildman–Crippen MR) is 121 cm³/mol. The van der Waals surface area contributed by atoms with Crippen molar-refractivity contribution < 1.29 is 19.0 Å². The molecule has 0 aliphatic heterocycles. The van der Waals surface area contributed by atoms with Crippen LogP contribution in [-0.4, -0.2) is 31.9 Å². The van der Waals surface area contributed by atoms with Crippen molar-refractivity contribution in [2.24, 2.45) is 0 Å². The highest BCUT2D eigenvalue weighted by Crippen LogP contribution is 2.39. The number of ether oxygens (including phenoxy) is 3. The third kappa shape index (κ3) is 5.31. The lowest BCUT2D eigenvalue weighted by Gasteiger charge is -2.15. The number of methoxy groups -OCH3 is 3. The molecule has 0 fully saturated rings. The standard InChI is InChI=1S/C24H29N3O4/c1-16-8-9-17(2)18(11-16)15-27-10-6-7-20(27)14-25-24(28)26-19-12-21(29-3)23(31-5)22(13-19)30-4/h6-13H,14-15H2,1-5H3,(H2,25,26,28). The van der Waals surface area contributed by atoms with Gasteiger partial charge in [-0.25, -0.2) is 4.79 Å².